The third-order valence-electron chi connectivity index (χ3n) is 4.40. The smallest absolute Gasteiger partial charge is 0.237 e. The molecule has 7 heteroatoms. The van der Waals surface area contributed by atoms with Crippen molar-refractivity contribution in [1.29, 1.82) is 0 Å². The molecule has 1 aromatic rings. The number of aliphatic hydroxyl groups excluding tert-OH is 1. The molecule has 0 aromatic heterocycles. The molecule has 2 unspecified atom stereocenters. The molecule has 0 saturated carbocycles. The van der Waals surface area contributed by atoms with Gasteiger partial charge in [0.25, 0.3) is 0 Å². The Morgan fingerprint density at radius 2 is 2.08 bits per heavy atom. The van der Waals surface area contributed by atoms with Crippen LogP contribution in [-0.4, -0.2) is 36.2 Å². The van der Waals surface area contributed by atoms with Crippen LogP contribution in [0, 0.1) is 5.82 Å². The number of piperidine rings is 1. The summed E-state index contributed by atoms with van der Waals surface area (Å²) < 4.78 is 13.7. The van der Waals surface area contributed by atoms with Crippen molar-refractivity contribution in [2.24, 2.45) is 5.73 Å². The Labute approximate surface area is 148 Å². The first-order valence-electron chi connectivity index (χ1n) is 8.20. The lowest BCUT2D eigenvalue weighted by atomic mass is 10.0. The topological polar surface area (TPSA) is 78.6 Å². The lowest BCUT2D eigenvalue weighted by Crippen LogP contribution is -2.42. The van der Waals surface area contributed by atoms with E-state index in [0.717, 1.165) is 24.3 Å². The van der Waals surface area contributed by atoms with E-state index < -0.39 is 6.04 Å². The fourth-order valence-electron chi connectivity index (χ4n) is 2.85. The van der Waals surface area contributed by atoms with Crippen LogP contribution < -0.4 is 16.0 Å². The highest BCUT2D eigenvalue weighted by Gasteiger charge is 2.23. The van der Waals surface area contributed by atoms with E-state index in [4.69, 9.17) is 5.73 Å². The zero-order chi connectivity index (χ0) is 17.0. The van der Waals surface area contributed by atoms with E-state index >= 15 is 0 Å². The van der Waals surface area contributed by atoms with Crippen LogP contribution in [0.15, 0.2) is 18.2 Å². The zero-order valence-electron chi connectivity index (χ0n) is 14.2. The maximum Gasteiger partial charge on any atom is 0.237 e. The second kappa shape index (κ2) is 9.20. The summed E-state index contributed by atoms with van der Waals surface area (Å²) in [5, 5.41) is 12.5. The number of halogens is 2. The Kier molecular flexibility index (Phi) is 7.93. The first-order chi connectivity index (χ1) is 10.9. The number of benzene rings is 1. The molecular formula is C17H27ClFN3O2. The Bertz CT molecular complexity index is 551. The molecule has 0 bridgehead atoms. The van der Waals surface area contributed by atoms with Crippen LogP contribution >= 0.6 is 12.4 Å². The number of nitrogens with two attached hydrogens (primary N) is 1. The maximum absolute atomic E-state index is 13.7. The first kappa shape index (κ1) is 20.7. The molecule has 136 valence electrons. The van der Waals surface area contributed by atoms with E-state index in [-0.39, 0.29) is 36.3 Å². The van der Waals surface area contributed by atoms with Gasteiger partial charge < -0.3 is 21.1 Å². The molecule has 1 aromatic carbocycles. The average molecular weight is 360 g/mol. The Hall–Kier alpha value is -1.37. The molecule has 1 saturated heterocycles. The third kappa shape index (κ3) is 5.06. The molecule has 5 nitrogen and oxygen atoms in total. The van der Waals surface area contributed by atoms with Crippen LogP contribution in [0.5, 0.6) is 0 Å². The molecule has 4 N–H and O–H groups in total. The number of nitrogens with one attached hydrogen (secondary N) is 1. The van der Waals surface area contributed by atoms with Gasteiger partial charge in [-0.1, -0.05) is 6.92 Å². The van der Waals surface area contributed by atoms with Crippen molar-refractivity contribution in [1.82, 2.24) is 5.32 Å². The lowest BCUT2D eigenvalue weighted by molar-refractivity contribution is -0.123. The predicted molar refractivity (Wildman–Crippen MR) is 95.9 cm³/mol. The van der Waals surface area contributed by atoms with Crippen LogP contribution in [0.2, 0.25) is 0 Å². The quantitative estimate of drug-likeness (QED) is 0.752. The van der Waals surface area contributed by atoms with Crippen LogP contribution in [0.3, 0.4) is 0 Å². The summed E-state index contributed by atoms with van der Waals surface area (Å²) in [6.07, 6.45) is 1.67. The minimum Gasteiger partial charge on any atom is -0.393 e. The summed E-state index contributed by atoms with van der Waals surface area (Å²) in [5.41, 5.74) is 7.38. The normalized spacial score (nSPS) is 17.8. The molecule has 1 amide bonds. The summed E-state index contributed by atoms with van der Waals surface area (Å²) in [6.45, 7) is 5.11. The summed E-state index contributed by atoms with van der Waals surface area (Å²) in [4.78, 5) is 14.1. The van der Waals surface area contributed by atoms with Gasteiger partial charge in [0.2, 0.25) is 5.91 Å². The lowest BCUT2D eigenvalue weighted by Gasteiger charge is -2.34. The molecule has 1 aliphatic heterocycles. The molecule has 0 spiro atoms. The van der Waals surface area contributed by atoms with Crippen LogP contribution in [-0.2, 0) is 4.79 Å². The zero-order valence-corrected chi connectivity index (χ0v) is 15.0. The van der Waals surface area contributed by atoms with Crippen molar-refractivity contribution >= 4 is 24.0 Å². The van der Waals surface area contributed by atoms with Gasteiger partial charge in [-0.3, -0.25) is 4.79 Å². The predicted octanol–water partition coefficient (Wildman–Crippen LogP) is 2.12. The van der Waals surface area contributed by atoms with E-state index in [1.807, 2.05) is 13.8 Å². The van der Waals surface area contributed by atoms with Gasteiger partial charge in [-0.25, -0.2) is 4.39 Å². The van der Waals surface area contributed by atoms with Crippen molar-refractivity contribution < 1.29 is 14.3 Å². The minimum absolute atomic E-state index is 0. The maximum atomic E-state index is 13.7. The number of hydrogen-bond donors (Lipinski definition) is 3. The molecule has 0 aliphatic carbocycles. The van der Waals surface area contributed by atoms with Crippen molar-refractivity contribution in [2.75, 3.05) is 18.0 Å². The SMILES string of the molecule is CCC(N)C(=O)NC(C)c1cc(F)ccc1N1CCC(O)CC1.Cl. The first-order valence-corrected chi connectivity index (χ1v) is 8.20. The number of amides is 1. The summed E-state index contributed by atoms with van der Waals surface area (Å²) in [5.74, 6) is -0.564. The number of carbonyl (C=O) groups is 1. The molecule has 2 rings (SSSR count). The van der Waals surface area contributed by atoms with Crippen LogP contribution in [0.4, 0.5) is 10.1 Å². The van der Waals surface area contributed by atoms with Crippen molar-refractivity contribution in [3.05, 3.63) is 29.6 Å². The summed E-state index contributed by atoms with van der Waals surface area (Å²) in [7, 11) is 0. The fraction of sp³-hybridized carbons (Fsp3) is 0.588. The summed E-state index contributed by atoms with van der Waals surface area (Å²) in [6, 6.07) is 3.74. The fourth-order valence-corrected chi connectivity index (χ4v) is 2.85. The van der Waals surface area contributed by atoms with E-state index in [9.17, 15) is 14.3 Å². The second-order valence-corrected chi connectivity index (χ2v) is 6.17. The van der Waals surface area contributed by atoms with Gasteiger partial charge in [0.15, 0.2) is 0 Å². The number of nitrogens with zero attached hydrogens (tertiary/aromatic N) is 1. The Balaban J connectivity index is 0.00000288. The summed E-state index contributed by atoms with van der Waals surface area (Å²) >= 11 is 0. The molecule has 2 atom stereocenters. The van der Waals surface area contributed by atoms with Gasteiger partial charge in [-0.15, -0.1) is 12.4 Å². The number of aliphatic hydroxyl groups is 1. The largest absolute Gasteiger partial charge is 0.393 e. The molecule has 1 heterocycles. The highest BCUT2D eigenvalue weighted by atomic mass is 35.5. The highest BCUT2D eigenvalue weighted by molar-refractivity contribution is 5.85. The van der Waals surface area contributed by atoms with Crippen molar-refractivity contribution in [3.8, 4) is 0 Å². The van der Waals surface area contributed by atoms with E-state index in [2.05, 4.69) is 10.2 Å². The standard InChI is InChI=1S/C17H26FN3O2.ClH/c1-3-15(19)17(23)20-11(2)14-10-12(18)4-5-16(14)21-8-6-13(22)7-9-21;/h4-5,10-11,13,15,22H,3,6-9,19H2,1-2H3,(H,20,23);1H. The highest BCUT2D eigenvalue weighted by Crippen LogP contribution is 2.29. The van der Waals surface area contributed by atoms with Gasteiger partial charge >= 0.3 is 0 Å². The number of rotatable bonds is 5. The molecule has 1 aliphatic rings. The monoisotopic (exact) mass is 359 g/mol. The van der Waals surface area contributed by atoms with E-state index in [1.165, 1.54) is 12.1 Å². The number of anilines is 1. The Morgan fingerprint density at radius 1 is 1.46 bits per heavy atom. The number of carbonyl (C=O) groups excluding carboxylic acids is 1. The molecule has 1 fully saturated rings. The molecular weight excluding hydrogens is 333 g/mol. The van der Waals surface area contributed by atoms with Gasteiger partial charge in [0.1, 0.15) is 5.82 Å². The van der Waals surface area contributed by atoms with E-state index in [0.29, 0.717) is 19.3 Å². The van der Waals surface area contributed by atoms with Gasteiger partial charge in [-0.2, -0.15) is 0 Å². The minimum atomic E-state index is -0.556. The van der Waals surface area contributed by atoms with Crippen molar-refractivity contribution in [3.63, 3.8) is 0 Å². The van der Waals surface area contributed by atoms with Crippen LogP contribution in [0.1, 0.15) is 44.7 Å². The second-order valence-electron chi connectivity index (χ2n) is 6.17. The Morgan fingerprint density at radius 3 is 2.67 bits per heavy atom. The van der Waals surface area contributed by atoms with Crippen molar-refractivity contribution in [2.45, 2.75) is 51.3 Å². The van der Waals surface area contributed by atoms with Gasteiger partial charge in [0, 0.05) is 24.3 Å². The van der Waals surface area contributed by atoms with Gasteiger partial charge in [0.05, 0.1) is 18.2 Å². The van der Waals surface area contributed by atoms with E-state index in [1.54, 1.807) is 6.07 Å². The average Bonchev–Trinajstić information content (AvgIpc) is 2.54. The van der Waals surface area contributed by atoms with Crippen LogP contribution in [0.25, 0.3) is 0 Å². The molecule has 0 radical (unpaired) electrons. The number of hydrogen-bond acceptors (Lipinski definition) is 4. The third-order valence-corrected chi connectivity index (χ3v) is 4.40. The van der Waals surface area contributed by atoms with Gasteiger partial charge in [-0.05, 0) is 44.4 Å². The molecule has 24 heavy (non-hydrogen) atoms.